The Labute approximate surface area is 162 Å². The van der Waals surface area contributed by atoms with Crippen LogP contribution in [0.25, 0.3) is 10.6 Å². The Hall–Kier alpha value is -3.04. The van der Waals surface area contributed by atoms with E-state index in [1.54, 1.807) is 42.5 Å². The normalized spacial score (nSPS) is 18.9. The fourth-order valence-corrected chi connectivity index (χ4v) is 4.22. The third kappa shape index (κ3) is 3.22. The lowest BCUT2D eigenvalue weighted by Gasteiger charge is -2.21. The molecular weight excluding hydrogens is 384 g/mol. The van der Waals surface area contributed by atoms with E-state index in [4.69, 9.17) is 0 Å². The van der Waals surface area contributed by atoms with Gasteiger partial charge in [-0.15, -0.1) is 22.7 Å². The van der Waals surface area contributed by atoms with Crippen LogP contribution in [0.5, 0.6) is 0 Å². The largest absolute Gasteiger partial charge is 0.322 e. The van der Waals surface area contributed by atoms with Crippen LogP contribution in [0.4, 0.5) is 9.93 Å². The number of hydrogen-bond acceptors (Lipinski definition) is 6. The van der Waals surface area contributed by atoms with Gasteiger partial charge < -0.3 is 5.32 Å². The quantitative estimate of drug-likeness (QED) is 0.588. The molecule has 136 valence electrons. The molecule has 3 aromatic rings. The van der Waals surface area contributed by atoms with Crippen LogP contribution in [0.2, 0.25) is 0 Å². The zero-order valence-corrected chi connectivity index (χ0v) is 15.7. The first-order valence-electron chi connectivity index (χ1n) is 8.00. The number of aromatic nitrogens is 1. The molecule has 1 saturated heterocycles. The van der Waals surface area contributed by atoms with E-state index < -0.39 is 17.5 Å². The summed E-state index contributed by atoms with van der Waals surface area (Å²) < 4.78 is 0. The first kappa shape index (κ1) is 17.4. The molecule has 7 nitrogen and oxygen atoms in total. The summed E-state index contributed by atoms with van der Waals surface area (Å²) in [6.07, 6.45) is 0. The molecule has 9 heteroatoms. The molecule has 1 aliphatic rings. The molecule has 4 amide bonds. The van der Waals surface area contributed by atoms with E-state index in [0.29, 0.717) is 16.3 Å². The maximum Gasteiger partial charge on any atom is 0.322 e. The predicted octanol–water partition coefficient (Wildman–Crippen LogP) is 3.18. The Morgan fingerprint density at radius 1 is 1.19 bits per heavy atom. The number of benzene rings is 1. The molecule has 27 heavy (non-hydrogen) atoms. The van der Waals surface area contributed by atoms with Crippen molar-refractivity contribution in [3.05, 3.63) is 58.3 Å². The van der Waals surface area contributed by atoms with Crippen LogP contribution in [0.1, 0.15) is 22.8 Å². The van der Waals surface area contributed by atoms with Crippen molar-refractivity contribution in [2.75, 3.05) is 5.32 Å². The number of nitrogens with one attached hydrogen (secondary N) is 3. The van der Waals surface area contributed by atoms with Gasteiger partial charge in [0.05, 0.1) is 10.6 Å². The van der Waals surface area contributed by atoms with Gasteiger partial charge in [0.25, 0.3) is 11.8 Å². The third-order valence-corrected chi connectivity index (χ3v) is 5.90. The Kier molecular flexibility index (Phi) is 4.25. The molecule has 1 fully saturated rings. The number of amides is 4. The molecule has 2 aromatic heterocycles. The Morgan fingerprint density at radius 2 is 2.04 bits per heavy atom. The lowest BCUT2D eigenvalue weighted by Crippen LogP contribution is -2.40. The van der Waals surface area contributed by atoms with E-state index in [9.17, 15) is 14.4 Å². The molecule has 0 saturated carbocycles. The summed E-state index contributed by atoms with van der Waals surface area (Å²) in [5.41, 5.74) is 0.505. The van der Waals surface area contributed by atoms with Gasteiger partial charge in [0.2, 0.25) is 0 Å². The second-order valence-corrected chi connectivity index (χ2v) is 7.89. The molecule has 0 radical (unpaired) electrons. The second-order valence-electron chi connectivity index (χ2n) is 6.08. The summed E-state index contributed by atoms with van der Waals surface area (Å²) >= 11 is 2.92. The Balaban J connectivity index is 1.55. The van der Waals surface area contributed by atoms with E-state index in [1.165, 1.54) is 11.3 Å². The van der Waals surface area contributed by atoms with E-state index in [2.05, 4.69) is 20.9 Å². The fourth-order valence-electron chi connectivity index (χ4n) is 2.76. The van der Waals surface area contributed by atoms with E-state index in [-0.39, 0.29) is 5.91 Å². The topological polar surface area (TPSA) is 100 Å². The lowest BCUT2D eigenvalue weighted by atomic mass is 9.91. The van der Waals surface area contributed by atoms with Crippen molar-refractivity contribution >= 4 is 45.7 Å². The van der Waals surface area contributed by atoms with Gasteiger partial charge in [-0.3, -0.25) is 20.2 Å². The summed E-state index contributed by atoms with van der Waals surface area (Å²) in [5.74, 6) is -0.789. The minimum atomic E-state index is -1.21. The van der Waals surface area contributed by atoms with Crippen LogP contribution < -0.4 is 16.0 Å². The standard InChI is InChI=1S/C18H14N4O3S2/c1-18(15(24)21-16(25)22-18)11-5-2-4-10(8-11)14(23)20-17-19-12(9-27-17)13-6-3-7-26-13/h2-9H,1H3,(H,19,20,23)(H2,21,22,24,25)/t18-/m0/s1. The minimum Gasteiger partial charge on any atom is -0.320 e. The number of nitrogens with zero attached hydrogens (tertiary/aromatic N) is 1. The van der Waals surface area contributed by atoms with Crippen molar-refractivity contribution in [3.63, 3.8) is 0 Å². The SMILES string of the molecule is C[C@@]1(c2cccc(C(=O)Nc3nc(-c4cccs4)cs3)c2)NC(=O)NC1=O. The number of thiophene rings is 1. The van der Waals surface area contributed by atoms with Crippen LogP contribution in [-0.4, -0.2) is 22.8 Å². The van der Waals surface area contributed by atoms with E-state index in [1.807, 2.05) is 22.9 Å². The Morgan fingerprint density at radius 3 is 2.74 bits per heavy atom. The summed E-state index contributed by atoms with van der Waals surface area (Å²) in [4.78, 5) is 41.6. The van der Waals surface area contributed by atoms with Crippen LogP contribution in [-0.2, 0) is 10.3 Å². The number of carbonyl (C=O) groups excluding carboxylic acids is 3. The van der Waals surface area contributed by atoms with Crippen LogP contribution in [0.15, 0.2) is 47.2 Å². The van der Waals surface area contributed by atoms with Gasteiger partial charge >= 0.3 is 6.03 Å². The molecule has 3 heterocycles. The number of hydrogen-bond donors (Lipinski definition) is 3. The maximum absolute atomic E-state index is 12.6. The molecule has 1 aliphatic heterocycles. The second kappa shape index (κ2) is 6.60. The van der Waals surface area contributed by atoms with Crippen molar-refractivity contribution in [3.8, 4) is 10.6 Å². The summed E-state index contributed by atoms with van der Waals surface area (Å²) in [5, 5.41) is 11.9. The zero-order chi connectivity index (χ0) is 19.0. The molecule has 0 aliphatic carbocycles. The monoisotopic (exact) mass is 398 g/mol. The highest BCUT2D eigenvalue weighted by Crippen LogP contribution is 2.29. The molecule has 3 N–H and O–H groups in total. The molecule has 4 rings (SSSR count). The molecule has 1 atom stereocenters. The van der Waals surface area contributed by atoms with Gasteiger partial charge in [-0.1, -0.05) is 18.2 Å². The van der Waals surface area contributed by atoms with Crippen LogP contribution in [0, 0.1) is 0 Å². The van der Waals surface area contributed by atoms with Gasteiger partial charge in [0.15, 0.2) is 5.13 Å². The highest BCUT2D eigenvalue weighted by Gasteiger charge is 2.43. The van der Waals surface area contributed by atoms with E-state index in [0.717, 1.165) is 10.6 Å². The maximum atomic E-state index is 12.6. The molecule has 0 bridgehead atoms. The predicted molar refractivity (Wildman–Crippen MR) is 104 cm³/mol. The molecule has 0 unspecified atom stereocenters. The molecular formula is C18H14N4O3S2. The third-order valence-electron chi connectivity index (χ3n) is 4.25. The molecule has 1 aromatic carbocycles. The van der Waals surface area contributed by atoms with Crippen molar-refractivity contribution in [2.45, 2.75) is 12.5 Å². The number of imide groups is 1. The van der Waals surface area contributed by atoms with Crippen LogP contribution in [0.3, 0.4) is 0 Å². The highest BCUT2D eigenvalue weighted by atomic mass is 32.1. The number of anilines is 1. The average molecular weight is 398 g/mol. The average Bonchev–Trinajstić information content (AvgIpc) is 3.37. The summed E-state index contributed by atoms with van der Waals surface area (Å²) in [7, 11) is 0. The van der Waals surface area contributed by atoms with Gasteiger partial charge in [-0.2, -0.15) is 0 Å². The Bertz CT molecular complexity index is 1040. The van der Waals surface area contributed by atoms with E-state index >= 15 is 0 Å². The van der Waals surface area contributed by atoms with Crippen molar-refractivity contribution < 1.29 is 14.4 Å². The van der Waals surface area contributed by atoms with Gasteiger partial charge in [-0.25, -0.2) is 9.78 Å². The molecule has 0 spiro atoms. The fraction of sp³-hybridized carbons (Fsp3) is 0.111. The zero-order valence-electron chi connectivity index (χ0n) is 14.1. The highest BCUT2D eigenvalue weighted by molar-refractivity contribution is 7.16. The van der Waals surface area contributed by atoms with Crippen LogP contribution >= 0.6 is 22.7 Å². The van der Waals surface area contributed by atoms with Gasteiger partial charge in [-0.05, 0) is 36.1 Å². The smallest absolute Gasteiger partial charge is 0.320 e. The summed E-state index contributed by atoms with van der Waals surface area (Å²) in [6, 6.07) is 9.96. The van der Waals surface area contributed by atoms with Gasteiger partial charge in [0.1, 0.15) is 5.54 Å². The lowest BCUT2D eigenvalue weighted by molar-refractivity contribution is -0.123. The van der Waals surface area contributed by atoms with Crippen molar-refractivity contribution in [2.24, 2.45) is 0 Å². The number of thiazole rings is 1. The van der Waals surface area contributed by atoms with Crippen molar-refractivity contribution in [1.82, 2.24) is 15.6 Å². The minimum absolute atomic E-state index is 0.336. The van der Waals surface area contributed by atoms with Crippen molar-refractivity contribution in [1.29, 1.82) is 0 Å². The first-order chi connectivity index (χ1) is 13.0. The summed E-state index contributed by atoms with van der Waals surface area (Å²) in [6.45, 7) is 1.60. The number of carbonyl (C=O) groups is 3. The first-order valence-corrected chi connectivity index (χ1v) is 9.76. The number of rotatable bonds is 4. The van der Waals surface area contributed by atoms with Gasteiger partial charge in [0, 0.05) is 10.9 Å². The number of urea groups is 1.